The molecule has 4 heteroatoms. The second-order valence-electron chi connectivity index (χ2n) is 2.39. The summed E-state index contributed by atoms with van der Waals surface area (Å²) in [6.07, 6.45) is 0. The Morgan fingerprint density at radius 1 is 1.82 bits per heavy atom. The van der Waals surface area contributed by atoms with E-state index >= 15 is 0 Å². The number of rotatable bonds is 2. The van der Waals surface area contributed by atoms with Crippen molar-refractivity contribution in [2.24, 2.45) is 5.73 Å². The van der Waals surface area contributed by atoms with Crippen molar-refractivity contribution in [1.82, 2.24) is 0 Å². The quantitative estimate of drug-likeness (QED) is 0.790. The maximum Gasteiger partial charge on any atom is 0.169 e. The Labute approximate surface area is 73.3 Å². The molecule has 1 atom stereocenters. The van der Waals surface area contributed by atoms with Crippen molar-refractivity contribution in [3.05, 3.63) is 22.1 Å². The molecular weight excluding hydrogens is 210 g/mol. The molecule has 0 bridgehead atoms. The van der Waals surface area contributed by atoms with Crippen LogP contribution in [0.3, 0.4) is 0 Å². The Morgan fingerprint density at radius 2 is 2.45 bits per heavy atom. The first kappa shape index (κ1) is 8.77. The van der Waals surface area contributed by atoms with Crippen LogP contribution in [0, 0.1) is 6.92 Å². The Kier molecular flexibility index (Phi) is 2.70. The highest BCUT2D eigenvalue weighted by Crippen LogP contribution is 2.23. The van der Waals surface area contributed by atoms with E-state index in [2.05, 4.69) is 15.9 Å². The Hall–Kier alpha value is -0.320. The Morgan fingerprint density at radius 3 is 2.82 bits per heavy atom. The second-order valence-corrected chi connectivity index (χ2v) is 3.17. The van der Waals surface area contributed by atoms with E-state index in [0.717, 1.165) is 5.56 Å². The summed E-state index contributed by atoms with van der Waals surface area (Å²) in [6, 6.07) is 1.41. The smallest absolute Gasteiger partial charge is 0.169 e. The largest absolute Gasteiger partial charge is 0.452 e. The fourth-order valence-corrected chi connectivity index (χ4v) is 1.43. The van der Waals surface area contributed by atoms with Gasteiger partial charge in [-0.05, 0) is 34.5 Å². The van der Waals surface area contributed by atoms with E-state index in [-0.39, 0.29) is 6.61 Å². The zero-order valence-electron chi connectivity index (χ0n) is 6.17. The van der Waals surface area contributed by atoms with Crippen molar-refractivity contribution < 1.29 is 9.52 Å². The highest BCUT2D eigenvalue weighted by molar-refractivity contribution is 9.10. The molecule has 1 aromatic heterocycles. The van der Waals surface area contributed by atoms with Crippen LogP contribution in [0.4, 0.5) is 0 Å². The molecule has 1 heterocycles. The normalized spacial score (nSPS) is 13.5. The standard InChI is InChI=1S/C7H10BrNO2/c1-4-2-6(8)11-7(4)5(9)3-10/h2,5,10H,3,9H2,1H3/t5-/m1/s1. The highest BCUT2D eigenvalue weighted by Gasteiger charge is 2.12. The zero-order valence-corrected chi connectivity index (χ0v) is 7.76. The van der Waals surface area contributed by atoms with Gasteiger partial charge in [-0.2, -0.15) is 0 Å². The first-order valence-electron chi connectivity index (χ1n) is 3.27. The topological polar surface area (TPSA) is 59.4 Å². The molecule has 3 N–H and O–H groups in total. The lowest BCUT2D eigenvalue weighted by atomic mass is 10.2. The van der Waals surface area contributed by atoms with Gasteiger partial charge in [0.25, 0.3) is 0 Å². The summed E-state index contributed by atoms with van der Waals surface area (Å²) in [5, 5.41) is 8.72. The number of aryl methyl sites for hydroxylation is 1. The second kappa shape index (κ2) is 3.38. The molecule has 1 rings (SSSR count). The zero-order chi connectivity index (χ0) is 8.43. The lowest BCUT2D eigenvalue weighted by Gasteiger charge is -2.04. The minimum absolute atomic E-state index is 0.0964. The lowest BCUT2D eigenvalue weighted by Crippen LogP contribution is -2.14. The van der Waals surface area contributed by atoms with E-state index in [1.807, 2.05) is 13.0 Å². The van der Waals surface area contributed by atoms with Gasteiger partial charge in [0.2, 0.25) is 0 Å². The first-order chi connectivity index (χ1) is 5.15. The van der Waals surface area contributed by atoms with E-state index < -0.39 is 6.04 Å². The average Bonchev–Trinajstić information content (AvgIpc) is 2.28. The van der Waals surface area contributed by atoms with Gasteiger partial charge < -0.3 is 15.3 Å². The van der Waals surface area contributed by atoms with E-state index in [9.17, 15) is 0 Å². The van der Waals surface area contributed by atoms with Crippen LogP contribution < -0.4 is 5.73 Å². The van der Waals surface area contributed by atoms with Crippen LogP contribution in [-0.2, 0) is 0 Å². The molecule has 3 nitrogen and oxygen atoms in total. The van der Waals surface area contributed by atoms with Crippen LogP contribution in [0.15, 0.2) is 15.2 Å². The first-order valence-corrected chi connectivity index (χ1v) is 4.06. The van der Waals surface area contributed by atoms with E-state index in [1.54, 1.807) is 0 Å². The summed E-state index contributed by atoms with van der Waals surface area (Å²) in [7, 11) is 0. The maximum absolute atomic E-state index is 8.72. The third kappa shape index (κ3) is 1.83. The van der Waals surface area contributed by atoms with Crippen molar-refractivity contribution in [3.8, 4) is 0 Å². The molecule has 0 unspecified atom stereocenters. The number of aliphatic hydroxyl groups is 1. The predicted molar refractivity (Wildman–Crippen MR) is 45.2 cm³/mol. The monoisotopic (exact) mass is 219 g/mol. The number of hydrogen-bond acceptors (Lipinski definition) is 3. The molecular formula is C7H10BrNO2. The van der Waals surface area contributed by atoms with Gasteiger partial charge in [0.1, 0.15) is 5.76 Å². The molecule has 0 amide bonds. The van der Waals surface area contributed by atoms with Crippen LogP contribution in [0.1, 0.15) is 17.4 Å². The number of aliphatic hydroxyl groups excluding tert-OH is 1. The summed E-state index contributed by atoms with van der Waals surface area (Å²) >= 11 is 3.18. The molecule has 0 aliphatic carbocycles. The number of nitrogens with two attached hydrogens (primary N) is 1. The van der Waals surface area contributed by atoms with Crippen molar-refractivity contribution in [2.45, 2.75) is 13.0 Å². The van der Waals surface area contributed by atoms with Crippen molar-refractivity contribution in [1.29, 1.82) is 0 Å². The maximum atomic E-state index is 8.72. The minimum atomic E-state index is -0.415. The molecule has 0 saturated carbocycles. The lowest BCUT2D eigenvalue weighted by molar-refractivity contribution is 0.250. The molecule has 0 aromatic carbocycles. The number of hydrogen-bond donors (Lipinski definition) is 2. The van der Waals surface area contributed by atoms with Crippen molar-refractivity contribution in [3.63, 3.8) is 0 Å². The van der Waals surface area contributed by atoms with Gasteiger partial charge >= 0.3 is 0 Å². The molecule has 1 aromatic rings. The molecule has 0 fully saturated rings. The Bertz CT molecular complexity index is 247. The average molecular weight is 220 g/mol. The van der Waals surface area contributed by atoms with Crippen LogP contribution in [0.2, 0.25) is 0 Å². The number of halogens is 1. The van der Waals surface area contributed by atoms with Crippen molar-refractivity contribution in [2.75, 3.05) is 6.61 Å². The highest BCUT2D eigenvalue weighted by atomic mass is 79.9. The summed E-state index contributed by atoms with van der Waals surface area (Å²) in [4.78, 5) is 0. The van der Waals surface area contributed by atoms with Gasteiger partial charge in [0, 0.05) is 0 Å². The minimum Gasteiger partial charge on any atom is -0.452 e. The van der Waals surface area contributed by atoms with Crippen LogP contribution in [0.5, 0.6) is 0 Å². The van der Waals surface area contributed by atoms with E-state index in [4.69, 9.17) is 15.3 Å². The Balaban J connectivity index is 2.93. The molecule has 62 valence electrons. The SMILES string of the molecule is Cc1cc(Br)oc1[C@H](N)CO. The van der Waals surface area contributed by atoms with E-state index in [0.29, 0.717) is 10.4 Å². The molecule has 0 saturated heterocycles. The van der Waals surface area contributed by atoms with Gasteiger partial charge in [-0.25, -0.2) is 0 Å². The van der Waals surface area contributed by atoms with E-state index in [1.165, 1.54) is 0 Å². The van der Waals surface area contributed by atoms with Gasteiger partial charge in [0.05, 0.1) is 12.6 Å². The number of furan rings is 1. The van der Waals surface area contributed by atoms with Gasteiger partial charge in [-0.15, -0.1) is 0 Å². The van der Waals surface area contributed by atoms with Gasteiger partial charge in [-0.3, -0.25) is 0 Å². The van der Waals surface area contributed by atoms with Crippen LogP contribution >= 0.6 is 15.9 Å². The third-order valence-electron chi connectivity index (χ3n) is 1.46. The molecule has 0 aliphatic rings. The summed E-state index contributed by atoms with van der Waals surface area (Å²) in [5.41, 5.74) is 6.50. The van der Waals surface area contributed by atoms with Crippen LogP contribution in [0.25, 0.3) is 0 Å². The molecule has 11 heavy (non-hydrogen) atoms. The molecule has 0 spiro atoms. The fraction of sp³-hybridized carbons (Fsp3) is 0.429. The summed E-state index contributed by atoms with van der Waals surface area (Å²) in [5.74, 6) is 0.638. The summed E-state index contributed by atoms with van der Waals surface area (Å²) in [6.45, 7) is 1.79. The molecule has 0 aliphatic heterocycles. The van der Waals surface area contributed by atoms with Gasteiger partial charge in [0.15, 0.2) is 4.67 Å². The fourth-order valence-electron chi connectivity index (χ4n) is 0.907. The molecule has 0 radical (unpaired) electrons. The van der Waals surface area contributed by atoms with Crippen LogP contribution in [-0.4, -0.2) is 11.7 Å². The van der Waals surface area contributed by atoms with Gasteiger partial charge in [-0.1, -0.05) is 0 Å². The third-order valence-corrected chi connectivity index (χ3v) is 1.85. The summed E-state index contributed by atoms with van der Waals surface area (Å²) < 4.78 is 5.85. The predicted octanol–water partition coefficient (Wildman–Crippen LogP) is 1.34. The van der Waals surface area contributed by atoms with Crippen molar-refractivity contribution >= 4 is 15.9 Å².